The lowest BCUT2D eigenvalue weighted by Crippen LogP contribution is -2.24. The lowest BCUT2D eigenvalue weighted by molar-refractivity contribution is -0.135. The molecule has 4 heteroatoms. The number of rotatable bonds is 11. The predicted octanol–water partition coefficient (Wildman–Crippen LogP) is 4.29. The van der Waals surface area contributed by atoms with Crippen molar-refractivity contribution < 1.29 is 9.53 Å². The van der Waals surface area contributed by atoms with Gasteiger partial charge in [-0.1, -0.05) is 39.8 Å². The molecular weight excluding hydrogens is 324 g/mol. The number of nitrogens with zero attached hydrogens (tertiary/aromatic N) is 1. The smallest absolute Gasteiger partial charge is 0.311 e. The minimum absolute atomic E-state index is 0.187. The Morgan fingerprint density at radius 3 is 2.46 bits per heavy atom. The topological polar surface area (TPSA) is 55.6 Å². The van der Waals surface area contributed by atoms with Crippen LogP contribution in [-0.2, 0) is 4.79 Å². The van der Waals surface area contributed by atoms with Gasteiger partial charge in [0.25, 0.3) is 0 Å². The van der Waals surface area contributed by atoms with Crippen molar-refractivity contribution in [3.8, 4) is 5.75 Å². The second kappa shape index (κ2) is 11.3. The molecule has 4 nitrogen and oxygen atoms in total. The second-order valence-electron chi connectivity index (χ2n) is 8.24. The number of ether oxygens (including phenoxy) is 1. The van der Waals surface area contributed by atoms with Gasteiger partial charge in [-0.25, -0.2) is 0 Å². The van der Waals surface area contributed by atoms with Gasteiger partial charge in [-0.3, -0.25) is 4.79 Å². The van der Waals surface area contributed by atoms with Gasteiger partial charge < -0.3 is 15.4 Å². The summed E-state index contributed by atoms with van der Waals surface area (Å²) < 4.78 is 5.62. The molecule has 148 valence electrons. The SMILES string of the molecule is CCC(c1cccc(OC(=O)CC(CN)CC(C)C)c1)C(C)CN(C)C. The molecule has 0 saturated heterocycles. The Bertz CT molecular complexity index is 543. The third-order valence-electron chi connectivity index (χ3n) is 4.89. The minimum atomic E-state index is -0.187. The fourth-order valence-corrected chi connectivity index (χ4v) is 3.82. The first kappa shape index (κ1) is 22.7. The summed E-state index contributed by atoms with van der Waals surface area (Å²) >= 11 is 0. The first-order valence-electron chi connectivity index (χ1n) is 9.92. The fraction of sp³-hybridized carbons (Fsp3) is 0.682. The summed E-state index contributed by atoms with van der Waals surface area (Å²) in [6.45, 7) is 10.4. The highest BCUT2D eigenvalue weighted by molar-refractivity contribution is 5.72. The van der Waals surface area contributed by atoms with E-state index in [1.54, 1.807) is 0 Å². The third-order valence-corrected chi connectivity index (χ3v) is 4.89. The highest BCUT2D eigenvalue weighted by atomic mass is 16.5. The molecular formula is C22H38N2O2. The number of carbonyl (C=O) groups is 1. The molecule has 0 aliphatic carbocycles. The number of nitrogens with two attached hydrogens (primary N) is 1. The van der Waals surface area contributed by atoms with Gasteiger partial charge in [0.15, 0.2) is 0 Å². The molecule has 0 spiro atoms. The van der Waals surface area contributed by atoms with Crippen LogP contribution >= 0.6 is 0 Å². The average molecular weight is 363 g/mol. The summed E-state index contributed by atoms with van der Waals surface area (Å²) in [7, 11) is 4.21. The number of carbonyl (C=O) groups excluding carboxylic acids is 1. The van der Waals surface area contributed by atoms with Crippen LogP contribution in [0.5, 0.6) is 5.75 Å². The molecule has 0 aliphatic rings. The van der Waals surface area contributed by atoms with E-state index in [1.165, 1.54) is 5.56 Å². The van der Waals surface area contributed by atoms with Crippen molar-refractivity contribution in [3.63, 3.8) is 0 Å². The summed E-state index contributed by atoms with van der Waals surface area (Å²) in [6.07, 6.45) is 2.40. The number of hydrogen-bond acceptors (Lipinski definition) is 4. The molecule has 0 aromatic heterocycles. The Morgan fingerprint density at radius 2 is 1.92 bits per heavy atom. The molecule has 3 unspecified atom stereocenters. The van der Waals surface area contributed by atoms with E-state index in [-0.39, 0.29) is 11.9 Å². The Labute approximate surface area is 160 Å². The maximum Gasteiger partial charge on any atom is 0.311 e. The van der Waals surface area contributed by atoms with Gasteiger partial charge in [-0.05, 0) is 74.8 Å². The maximum absolute atomic E-state index is 12.3. The molecule has 0 heterocycles. The zero-order valence-corrected chi connectivity index (χ0v) is 17.5. The Kier molecular flexibility index (Phi) is 9.89. The van der Waals surface area contributed by atoms with Crippen LogP contribution < -0.4 is 10.5 Å². The molecule has 0 aliphatic heterocycles. The van der Waals surface area contributed by atoms with Gasteiger partial charge in [-0.2, -0.15) is 0 Å². The monoisotopic (exact) mass is 362 g/mol. The first-order valence-corrected chi connectivity index (χ1v) is 9.92. The van der Waals surface area contributed by atoms with E-state index < -0.39 is 0 Å². The second-order valence-corrected chi connectivity index (χ2v) is 8.24. The van der Waals surface area contributed by atoms with Gasteiger partial charge in [0.1, 0.15) is 5.75 Å². The van der Waals surface area contributed by atoms with E-state index in [2.05, 4.69) is 52.8 Å². The van der Waals surface area contributed by atoms with Crippen molar-refractivity contribution >= 4 is 5.97 Å². The zero-order chi connectivity index (χ0) is 19.7. The van der Waals surface area contributed by atoms with E-state index in [0.29, 0.717) is 36.5 Å². The predicted molar refractivity (Wildman–Crippen MR) is 109 cm³/mol. The van der Waals surface area contributed by atoms with Crippen LogP contribution in [0.25, 0.3) is 0 Å². The lowest BCUT2D eigenvalue weighted by atomic mass is 9.85. The molecule has 1 aromatic rings. The number of benzene rings is 1. The highest BCUT2D eigenvalue weighted by Crippen LogP contribution is 2.30. The van der Waals surface area contributed by atoms with Gasteiger partial charge in [-0.15, -0.1) is 0 Å². The molecule has 2 N–H and O–H groups in total. The Morgan fingerprint density at radius 1 is 1.23 bits per heavy atom. The molecule has 0 fully saturated rings. The quantitative estimate of drug-likeness (QED) is 0.471. The van der Waals surface area contributed by atoms with Crippen molar-refractivity contribution in [2.45, 2.75) is 52.9 Å². The highest BCUT2D eigenvalue weighted by Gasteiger charge is 2.20. The van der Waals surface area contributed by atoms with Crippen LogP contribution in [0, 0.1) is 17.8 Å². The van der Waals surface area contributed by atoms with Crippen molar-refractivity contribution in [1.29, 1.82) is 0 Å². The Balaban J connectivity index is 2.77. The summed E-state index contributed by atoms with van der Waals surface area (Å²) in [5, 5.41) is 0. The van der Waals surface area contributed by atoms with E-state index in [9.17, 15) is 4.79 Å². The Hall–Kier alpha value is -1.39. The van der Waals surface area contributed by atoms with Crippen molar-refractivity contribution in [1.82, 2.24) is 4.90 Å². The standard InChI is InChI=1S/C22H38N2O2/c1-7-21(17(4)15-24(5)6)19-9-8-10-20(13-19)26-22(25)12-18(14-23)11-16(2)3/h8-10,13,16-18,21H,7,11-12,14-15,23H2,1-6H3. The summed E-state index contributed by atoms with van der Waals surface area (Å²) in [5.74, 6) is 2.16. The van der Waals surface area contributed by atoms with Crippen molar-refractivity contribution in [2.24, 2.45) is 23.5 Å². The zero-order valence-electron chi connectivity index (χ0n) is 17.5. The molecule has 0 amide bonds. The van der Waals surface area contributed by atoms with E-state index in [1.807, 2.05) is 18.2 Å². The molecule has 0 radical (unpaired) electrons. The summed E-state index contributed by atoms with van der Waals surface area (Å²) in [6, 6.07) is 8.01. The van der Waals surface area contributed by atoms with Gasteiger partial charge in [0.05, 0.1) is 0 Å². The molecule has 0 saturated carbocycles. The molecule has 1 aromatic carbocycles. The molecule has 1 rings (SSSR count). The third kappa shape index (κ3) is 7.88. The van der Waals surface area contributed by atoms with Crippen LogP contribution in [0.4, 0.5) is 0 Å². The van der Waals surface area contributed by atoms with Gasteiger partial charge in [0, 0.05) is 13.0 Å². The van der Waals surface area contributed by atoms with Crippen LogP contribution in [-0.4, -0.2) is 38.1 Å². The van der Waals surface area contributed by atoms with Crippen molar-refractivity contribution in [3.05, 3.63) is 29.8 Å². The van der Waals surface area contributed by atoms with Gasteiger partial charge >= 0.3 is 5.97 Å². The van der Waals surface area contributed by atoms with Crippen molar-refractivity contribution in [2.75, 3.05) is 27.2 Å². The van der Waals surface area contributed by atoms with Crippen LogP contribution in [0.2, 0.25) is 0 Å². The maximum atomic E-state index is 12.3. The summed E-state index contributed by atoms with van der Waals surface area (Å²) in [5.41, 5.74) is 7.05. The molecule has 0 bridgehead atoms. The van der Waals surface area contributed by atoms with E-state index in [0.717, 1.165) is 19.4 Å². The molecule has 3 atom stereocenters. The normalized spacial score (nSPS) is 15.1. The molecule has 26 heavy (non-hydrogen) atoms. The fourth-order valence-electron chi connectivity index (χ4n) is 3.82. The number of esters is 1. The largest absolute Gasteiger partial charge is 0.427 e. The van der Waals surface area contributed by atoms with Gasteiger partial charge in [0.2, 0.25) is 0 Å². The van der Waals surface area contributed by atoms with Crippen LogP contribution in [0.15, 0.2) is 24.3 Å². The lowest BCUT2D eigenvalue weighted by Gasteiger charge is -2.26. The van der Waals surface area contributed by atoms with E-state index in [4.69, 9.17) is 10.5 Å². The number of hydrogen-bond donors (Lipinski definition) is 1. The van der Waals surface area contributed by atoms with Crippen LogP contribution in [0.1, 0.15) is 58.4 Å². The van der Waals surface area contributed by atoms with Crippen LogP contribution in [0.3, 0.4) is 0 Å². The average Bonchev–Trinajstić information content (AvgIpc) is 2.54. The minimum Gasteiger partial charge on any atom is -0.427 e. The summed E-state index contributed by atoms with van der Waals surface area (Å²) in [4.78, 5) is 14.5. The van der Waals surface area contributed by atoms with E-state index >= 15 is 0 Å². The first-order chi connectivity index (χ1) is 12.3.